The van der Waals surface area contributed by atoms with Crippen molar-refractivity contribution in [3.05, 3.63) is 23.3 Å². The summed E-state index contributed by atoms with van der Waals surface area (Å²) < 4.78 is 0. The Balaban J connectivity index is 2.49. The molecule has 0 aliphatic heterocycles. The van der Waals surface area contributed by atoms with Crippen LogP contribution in [-0.2, 0) is 9.59 Å². The number of ketones is 2. The Hall–Kier alpha value is -1.26. The van der Waals surface area contributed by atoms with Crippen molar-refractivity contribution in [1.29, 1.82) is 0 Å². The van der Waals surface area contributed by atoms with Gasteiger partial charge in [-0.25, -0.2) is 0 Å². The molecule has 2 rings (SSSR count). The molecule has 1 saturated carbocycles. The van der Waals surface area contributed by atoms with E-state index >= 15 is 0 Å². The fourth-order valence-electron chi connectivity index (χ4n) is 3.86. The van der Waals surface area contributed by atoms with Gasteiger partial charge in [-0.3, -0.25) is 9.59 Å². The van der Waals surface area contributed by atoms with Crippen LogP contribution in [0.5, 0.6) is 0 Å². The predicted octanol–water partition coefficient (Wildman–Crippen LogP) is 2.98. The zero-order chi connectivity index (χ0) is 18.3. The summed E-state index contributed by atoms with van der Waals surface area (Å²) in [6.45, 7) is 9.24. The first kappa shape index (κ1) is 19.1. The van der Waals surface area contributed by atoms with Gasteiger partial charge in [0.2, 0.25) is 0 Å². The molecule has 0 amide bonds. The number of carbonyl (C=O) groups excluding carboxylic acids is 2. The number of hydrogen-bond donors (Lipinski definition) is 2. The third kappa shape index (κ3) is 3.40. The zero-order valence-corrected chi connectivity index (χ0v) is 15.4. The molecule has 0 bridgehead atoms. The van der Waals surface area contributed by atoms with Gasteiger partial charge < -0.3 is 10.2 Å². The van der Waals surface area contributed by atoms with E-state index in [4.69, 9.17) is 0 Å². The van der Waals surface area contributed by atoms with Crippen molar-refractivity contribution >= 4 is 11.6 Å². The van der Waals surface area contributed by atoms with E-state index in [1.807, 2.05) is 27.7 Å². The fourth-order valence-corrected chi connectivity index (χ4v) is 3.86. The highest BCUT2D eigenvalue weighted by atomic mass is 16.3. The Bertz CT molecular complexity index is 599. The van der Waals surface area contributed by atoms with Crippen LogP contribution < -0.4 is 0 Å². The van der Waals surface area contributed by atoms with Crippen molar-refractivity contribution in [2.75, 3.05) is 0 Å². The molecule has 2 N–H and O–H groups in total. The first-order chi connectivity index (χ1) is 11.0. The van der Waals surface area contributed by atoms with Crippen LogP contribution in [0.15, 0.2) is 23.3 Å². The van der Waals surface area contributed by atoms with Crippen LogP contribution in [0.4, 0.5) is 0 Å². The normalized spacial score (nSPS) is 40.0. The molecule has 0 aromatic carbocycles. The summed E-state index contributed by atoms with van der Waals surface area (Å²) in [5.41, 5.74) is -0.679. The van der Waals surface area contributed by atoms with Crippen molar-refractivity contribution in [3.8, 4) is 0 Å². The molecule has 0 heterocycles. The molecule has 0 aromatic rings. The van der Waals surface area contributed by atoms with Gasteiger partial charge in [0.1, 0.15) is 11.4 Å². The summed E-state index contributed by atoms with van der Waals surface area (Å²) in [5, 5.41) is 21.6. The molecule has 2 aliphatic carbocycles. The lowest BCUT2D eigenvalue weighted by atomic mass is 9.77. The number of aliphatic hydroxyl groups excluding tert-OH is 1. The van der Waals surface area contributed by atoms with E-state index in [9.17, 15) is 19.8 Å². The van der Waals surface area contributed by atoms with Crippen LogP contribution in [0, 0.1) is 17.3 Å². The minimum Gasteiger partial charge on any atom is -0.392 e. The summed E-state index contributed by atoms with van der Waals surface area (Å²) in [5.74, 6) is -0.929. The molecule has 0 radical (unpaired) electrons. The van der Waals surface area contributed by atoms with Crippen LogP contribution in [0.1, 0.15) is 60.3 Å². The molecule has 1 fully saturated rings. The van der Waals surface area contributed by atoms with E-state index in [1.165, 1.54) is 0 Å². The summed E-state index contributed by atoms with van der Waals surface area (Å²) >= 11 is 0. The molecular weight excluding hydrogens is 304 g/mol. The molecule has 0 saturated heterocycles. The van der Waals surface area contributed by atoms with E-state index in [1.54, 1.807) is 19.1 Å². The number of rotatable bonds is 0. The van der Waals surface area contributed by atoms with E-state index in [0.29, 0.717) is 24.8 Å². The van der Waals surface area contributed by atoms with E-state index in [-0.39, 0.29) is 23.9 Å². The molecule has 134 valence electrons. The Morgan fingerprint density at radius 3 is 2.42 bits per heavy atom. The molecule has 0 spiro atoms. The van der Waals surface area contributed by atoms with Gasteiger partial charge in [-0.1, -0.05) is 38.5 Å². The average molecular weight is 334 g/mol. The molecular formula is C20H30O4. The molecule has 4 nitrogen and oxygen atoms in total. The third-order valence-electron chi connectivity index (χ3n) is 5.77. The fraction of sp³-hybridized carbons (Fsp3) is 0.700. The second kappa shape index (κ2) is 6.57. The van der Waals surface area contributed by atoms with Gasteiger partial charge in [0, 0.05) is 17.8 Å². The minimum absolute atomic E-state index is 0.149. The van der Waals surface area contributed by atoms with Crippen LogP contribution in [0.3, 0.4) is 0 Å². The van der Waals surface area contributed by atoms with Gasteiger partial charge in [0.05, 0.1) is 6.10 Å². The van der Waals surface area contributed by atoms with Crippen LogP contribution in [0.25, 0.3) is 0 Å². The maximum absolute atomic E-state index is 12.9. The minimum atomic E-state index is -1.56. The number of fused-ring (bicyclic) bond motifs is 1. The topological polar surface area (TPSA) is 74.6 Å². The first-order valence-electron chi connectivity index (χ1n) is 8.81. The quantitative estimate of drug-likeness (QED) is 0.668. The highest BCUT2D eigenvalue weighted by molar-refractivity contribution is 6.02. The van der Waals surface area contributed by atoms with Gasteiger partial charge in [-0.15, -0.1) is 0 Å². The average Bonchev–Trinajstić information content (AvgIpc) is 2.73. The Morgan fingerprint density at radius 2 is 1.79 bits per heavy atom. The molecule has 0 aromatic heterocycles. The number of carbonyl (C=O) groups is 2. The molecule has 4 heteroatoms. The number of allylic oxidation sites excluding steroid dienone is 2. The summed E-state index contributed by atoms with van der Waals surface area (Å²) in [6.07, 6.45) is 4.58. The van der Waals surface area contributed by atoms with E-state index < -0.39 is 23.0 Å². The Kier molecular flexibility index (Phi) is 5.22. The van der Waals surface area contributed by atoms with Crippen molar-refractivity contribution in [1.82, 2.24) is 0 Å². The van der Waals surface area contributed by atoms with Gasteiger partial charge in [-0.2, -0.15) is 0 Å². The molecule has 2 aliphatic rings. The standard InChI is InChI=1S/C20H30O4/c1-12-6-7-16(21)19(4,5)9-8-13(2)18(23)20(24)11-14(3)17(22)15(20)10-12/h8,10,14-15,17,22,24H,6-7,9,11H2,1-5H3/b12-10+,13-8?/t14-,15-,17-,20+/m0/s1. The van der Waals surface area contributed by atoms with Gasteiger partial charge >= 0.3 is 0 Å². The van der Waals surface area contributed by atoms with Crippen molar-refractivity contribution in [2.45, 2.75) is 72.0 Å². The second-order valence-electron chi connectivity index (χ2n) is 8.36. The van der Waals surface area contributed by atoms with Gasteiger partial charge in [0.15, 0.2) is 5.78 Å². The van der Waals surface area contributed by atoms with Gasteiger partial charge in [0.25, 0.3) is 0 Å². The molecule has 4 atom stereocenters. The highest BCUT2D eigenvalue weighted by Gasteiger charge is 2.54. The maximum atomic E-state index is 12.9. The monoisotopic (exact) mass is 334 g/mol. The number of aliphatic hydroxyl groups is 2. The highest BCUT2D eigenvalue weighted by Crippen LogP contribution is 2.43. The number of hydrogen-bond acceptors (Lipinski definition) is 4. The molecule has 24 heavy (non-hydrogen) atoms. The van der Waals surface area contributed by atoms with Gasteiger partial charge in [-0.05, 0) is 44.6 Å². The summed E-state index contributed by atoms with van der Waals surface area (Å²) in [7, 11) is 0. The SMILES string of the molecule is CC1=CCC(C)(C)C(=O)CC/C(C)=C/[C@H]2[C@@H](O)[C@@H](C)C[C@]2(O)C1=O. The Morgan fingerprint density at radius 1 is 1.17 bits per heavy atom. The first-order valence-corrected chi connectivity index (χ1v) is 8.81. The van der Waals surface area contributed by atoms with Crippen molar-refractivity contribution in [3.63, 3.8) is 0 Å². The summed E-state index contributed by atoms with van der Waals surface area (Å²) in [4.78, 5) is 25.4. The number of Topliss-reactive ketones (excluding diaryl/α,β-unsaturated/α-hetero) is 2. The zero-order valence-electron chi connectivity index (χ0n) is 15.4. The maximum Gasteiger partial charge on any atom is 0.190 e. The largest absolute Gasteiger partial charge is 0.392 e. The van der Waals surface area contributed by atoms with Crippen molar-refractivity contribution in [2.24, 2.45) is 17.3 Å². The molecule has 0 unspecified atom stereocenters. The Labute approximate surface area is 144 Å². The van der Waals surface area contributed by atoms with E-state index in [0.717, 1.165) is 5.57 Å². The lowest BCUT2D eigenvalue weighted by Crippen LogP contribution is -2.44. The second-order valence-corrected chi connectivity index (χ2v) is 8.36. The lowest BCUT2D eigenvalue weighted by Gasteiger charge is -2.30. The van der Waals surface area contributed by atoms with Crippen LogP contribution in [0.2, 0.25) is 0 Å². The predicted molar refractivity (Wildman–Crippen MR) is 93.4 cm³/mol. The van der Waals surface area contributed by atoms with Crippen molar-refractivity contribution < 1.29 is 19.8 Å². The summed E-state index contributed by atoms with van der Waals surface area (Å²) in [6, 6.07) is 0. The van der Waals surface area contributed by atoms with Crippen LogP contribution >= 0.6 is 0 Å². The van der Waals surface area contributed by atoms with E-state index in [2.05, 4.69) is 0 Å². The van der Waals surface area contributed by atoms with Crippen LogP contribution in [-0.4, -0.2) is 33.5 Å². The lowest BCUT2D eigenvalue weighted by molar-refractivity contribution is -0.137. The third-order valence-corrected chi connectivity index (χ3v) is 5.77. The smallest absolute Gasteiger partial charge is 0.190 e.